The molecule has 0 heterocycles. The molecule has 0 amide bonds. The molecule has 2 rings (SSSR count). The first-order valence-electron chi connectivity index (χ1n) is 4.68. The average Bonchev–Trinajstić information content (AvgIpc) is 2.31. The van der Waals surface area contributed by atoms with Gasteiger partial charge >= 0.3 is 65.1 Å². The maximum Gasteiger partial charge on any atom is 1.00 e. The molecule has 0 unspecified atom stereocenters. The topological polar surface area (TPSA) is 26.3 Å². The Balaban J connectivity index is -0.000000640. The molecule has 17 heavy (non-hydrogen) atoms. The van der Waals surface area contributed by atoms with Crippen LogP contribution in [-0.2, 0) is 0 Å². The van der Waals surface area contributed by atoms with Gasteiger partial charge < -0.3 is 7.59 Å². The Labute approximate surface area is 148 Å². The minimum Gasteiger partial charge on any atom is -1.00 e. The smallest absolute Gasteiger partial charge is 1.00 e. The summed E-state index contributed by atoms with van der Waals surface area (Å²) in [6.07, 6.45) is 0. The Morgan fingerprint density at radius 1 is 0.824 bits per heavy atom. The molecule has 0 fully saturated rings. The van der Waals surface area contributed by atoms with Crippen LogP contribution < -0.4 is 63.9 Å². The van der Waals surface area contributed by atoms with E-state index in [-0.39, 0.29) is 67.9 Å². The Bertz CT molecular complexity index is 453. The molecule has 2 nitrogen and oxygen atoms in total. The van der Waals surface area contributed by atoms with Crippen LogP contribution in [0.25, 0.3) is 0 Å². The van der Waals surface area contributed by atoms with Gasteiger partial charge in [0.05, 0.1) is 5.56 Å². The molecule has 0 atom stereocenters. The number of esters is 1. The van der Waals surface area contributed by atoms with E-state index in [2.05, 4.69) is 0 Å². The molecular formula is C13H12Na2O2. The van der Waals surface area contributed by atoms with Crippen molar-refractivity contribution in [1.82, 2.24) is 0 Å². The first-order valence-corrected chi connectivity index (χ1v) is 4.68. The molecule has 0 aliphatic rings. The molecule has 0 aliphatic carbocycles. The predicted octanol–water partition coefficient (Wildman–Crippen LogP) is -2.86. The molecule has 78 valence electrons. The van der Waals surface area contributed by atoms with Crippen LogP contribution >= 0.6 is 0 Å². The summed E-state index contributed by atoms with van der Waals surface area (Å²) >= 11 is 0. The molecule has 2 aromatic carbocycles. The van der Waals surface area contributed by atoms with Gasteiger partial charge in [-0.15, -0.1) is 0 Å². The van der Waals surface area contributed by atoms with Crippen LogP contribution in [0.15, 0.2) is 60.7 Å². The summed E-state index contributed by atoms with van der Waals surface area (Å²) in [6, 6.07) is 18.0. The summed E-state index contributed by atoms with van der Waals surface area (Å²) in [6.45, 7) is 0. The van der Waals surface area contributed by atoms with Crippen molar-refractivity contribution in [2.24, 2.45) is 0 Å². The standard InChI is InChI=1S/C13H10O2.2Na.2H/c14-13(11-7-3-1-4-8-11)15-12-9-5-2-6-10-12;;;;/h1-10H;;;;/q;2*+1;2*-1. The van der Waals surface area contributed by atoms with E-state index in [4.69, 9.17) is 4.74 Å². The van der Waals surface area contributed by atoms with Gasteiger partial charge in [-0.25, -0.2) is 4.79 Å². The van der Waals surface area contributed by atoms with Gasteiger partial charge in [0.2, 0.25) is 0 Å². The number of hydrogen-bond acceptors (Lipinski definition) is 2. The van der Waals surface area contributed by atoms with Crippen molar-refractivity contribution >= 4 is 5.97 Å². The number of rotatable bonds is 2. The third-order valence-corrected chi connectivity index (χ3v) is 1.96. The number of benzene rings is 2. The zero-order chi connectivity index (χ0) is 10.5. The van der Waals surface area contributed by atoms with Gasteiger partial charge in [0.1, 0.15) is 5.75 Å². The van der Waals surface area contributed by atoms with Crippen LogP contribution in [0.2, 0.25) is 0 Å². The Hall–Kier alpha value is -0.0900. The van der Waals surface area contributed by atoms with Gasteiger partial charge in [-0.1, -0.05) is 36.4 Å². The largest absolute Gasteiger partial charge is 1.00 e. The molecule has 0 spiro atoms. The summed E-state index contributed by atoms with van der Waals surface area (Å²) in [7, 11) is 0. The first-order chi connectivity index (χ1) is 7.36. The summed E-state index contributed by atoms with van der Waals surface area (Å²) < 4.78 is 5.16. The minimum atomic E-state index is -0.332. The van der Waals surface area contributed by atoms with Crippen molar-refractivity contribution in [2.75, 3.05) is 0 Å². The fourth-order valence-electron chi connectivity index (χ4n) is 1.23. The summed E-state index contributed by atoms with van der Waals surface area (Å²) in [5.74, 6) is 0.230. The molecule has 0 bridgehead atoms. The molecular weight excluding hydrogens is 234 g/mol. The second-order valence-electron chi connectivity index (χ2n) is 3.07. The van der Waals surface area contributed by atoms with Crippen molar-refractivity contribution in [3.05, 3.63) is 66.2 Å². The number of hydrogen-bond donors (Lipinski definition) is 0. The van der Waals surface area contributed by atoms with Crippen LogP contribution in [0.5, 0.6) is 5.75 Å². The van der Waals surface area contributed by atoms with Crippen LogP contribution in [0, 0.1) is 0 Å². The van der Waals surface area contributed by atoms with Gasteiger partial charge in [0.15, 0.2) is 0 Å². The van der Waals surface area contributed by atoms with Crippen molar-refractivity contribution in [3.8, 4) is 5.75 Å². The summed E-state index contributed by atoms with van der Waals surface area (Å²) in [4.78, 5) is 11.6. The van der Waals surface area contributed by atoms with E-state index >= 15 is 0 Å². The Kier molecular flexibility index (Phi) is 8.88. The second-order valence-corrected chi connectivity index (χ2v) is 3.07. The normalized spacial score (nSPS) is 8.47. The molecule has 0 aliphatic heterocycles. The van der Waals surface area contributed by atoms with Crippen molar-refractivity contribution in [1.29, 1.82) is 0 Å². The molecule has 4 heteroatoms. The third kappa shape index (κ3) is 5.38. The Morgan fingerprint density at radius 2 is 1.29 bits per heavy atom. The van der Waals surface area contributed by atoms with Gasteiger partial charge in [0.25, 0.3) is 0 Å². The number of carbonyl (C=O) groups excluding carboxylic acids is 1. The first kappa shape index (κ1) is 16.9. The van der Waals surface area contributed by atoms with E-state index in [0.717, 1.165) is 0 Å². The van der Waals surface area contributed by atoms with Crippen LogP contribution in [0.1, 0.15) is 13.2 Å². The second kappa shape index (κ2) is 8.92. The van der Waals surface area contributed by atoms with E-state index in [1.165, 1.54) is 0 Å². The van der Waals surface area contributed by atoms with E-state index in [0.29, 0.717) is 11.3 Å². The predicted molar refractivity (Wildman–Crippen MR) is 60.1 cm³/mol. The number of carbonyl (C=O) groups is 1. The van der Waals surface area contributed by atoms with E-state index < -0.39 is 0 Å². The Morgan fingerprint density at radius 3 is 1.82 bits per heavy atom. The van der Waals surface area contributed by atoms with Crippen molar-refractivity contribution in [3.63, 3.8) is 0 Å². The van der Waals surface area contributed by atoms with Gasteiger partial charge in [-0.05, 0) is 24.3 Å². The van der Waals surface area contributed by atoms with Crippen LogP contribution in [0.4, 0.5) is 0 Å². The van der Waals surface area contributed by atoms with Crippen LogP contribution in [0.3, 0.4) is 0 Å². The number of ether oxygens (including phenoxy) is 1. The number of para-hydroxylation sites is 1. The average molecular weight is 246 g/mol. The van der Waals surface area contributed by atoms with E-state index in [1.54, 1.807) is 24.3 Å². The molecule has 0 saturated heterocycles. The molecule has 2 aromatic rings. The fraction of sp³-hybridized carbons (Fsp3) is 0. The van der Waals surface area contributed by atoms with Gasteiger partial charge in [-0.3, -0.25) is 0 Å². The summed E-state index contributed by atoms with van der Waals surface area (Å²) in [5, 5.41) is 0. The zero-order valence-electron chi connectivity index (χ0n) is 12.1. The molecule has 0 aromatic heterocycles. The molecule has 0 radical (unpaired) electrons. The van der Waals surface area contributed by atoms with Crippen molar-refractivity contribution < 1.29 is 71.5 Å². The van der Waals surface area contributed by atoms with E-state index in [9.17, 15) is 4.79 Å². The quantitative estimate of drug-likeness (QED) is 0.324. The molecule has 0 N–H and O–H groups in total. The molecule has 0 saturated carbocycles. The SMILES string of the molecule is O=C(Oc1ccccc1)c1ccccc1.[H-].[H-].[Na+].[Na+]. The van der Waals surface area contributed by atoms with Gasteiger partial charge in [0, 0.05) is 0 Å². The maximum atomic E-state index is 11.6. The van der Waals surface area contributed by atoms with E-state index in [1.807, 2.05) is 36.4 Å². The van der Waals surface area contributed by atoms with Crippen molar-refractivity contribution in [2.45, 2.75) is 0 Å². The third-order valence-electron chi connectivity index (χ3n) is 1.96. The van der Waals surface area contributed by atoms with Crippen LogP contribution in [-0.4, -0.2) is 5.97 Å². The zero-order valence-corrected chi connectivity index (χ0v) is 14.1. The minimum absolute atomic E-state index is 0. The van der Waals surface area contributed by atoms with Gasteiger partial charge in [-0.2, -0.15) is 0 Å². The fourth-order valence-corrected chi connectivity index (χ4v) is 1.23. The maximum absolute atomic E-state index is 11.6. The monoisotopic (exact) mass is 246 g/mol. The summed E-state index contributed by atoms with van der Waals surface area (Å²) in [5.41, 5.74) is 0.557.